The first kappa shape index (κ1) is 11.6. The molecule has 0 radical (unpaired) electrons. The van der Waals surface area contributed by atoms with E-state index in [0.717, 1.165) is 5.52 Å². The van der Waals surface area contributed by atoms with Crippen LogP contribution in [-0.4, -0.2) is 4.98 Å². The first-order chi connectivity index (χ1) is 9.83. The maximum Gasteiger partial charge on any atom is 0.0891 e. The molecule has 2 aromatic carbocycles. The van der Waals surface area contributed by atoms with Gasteiger partial charge in [0.25, 0.3) is 0 Å². The van der Waals surface area contributed by atoms with Gasteiger partial charge in [0.05, 0.1) is 10.2 Å². The fourth-order valence-corrected chi connectivity index (χ4v) is 3.76. The summed E-state index contributed by atoms with van der Waals surface area (Å²) in [5.74, 6) is 0. The Kier molecular flexibility index (Phi) is 2.57. The number of thiophene rings is 1. The van der Waals surface area contributed by atoms with Gasteiger partial charge in [-0.15, -0.1) is 11.3 Å². The van der Waals surface area contributed by atoms with Crippen LogP contribution < -0.4 is 0 Å². The van der Waals surface area contributed by atoms with Crippen molar-refractivity contribution < 1.29 is 0 Å². The molecule has 2 heteroatoms. The summed E-state index contributed by atoms with van der Waals surface area (Å²) in [6.07, 6.45) is 1.90. The Morgan fingerprint density at radius 3 is 2.60 bits per heavy atom. The topological polar surface area (TPSA) is 12.9 Å². The monoisotopic (exact) mass is 275 g/mol. The van der Waals surface area contributed by atoms with Crippen molar-refractivity contribution in [3.8, 4) is 11.1 Å². The van der Waals surface area contributed by atoms with Gasteiger partial charge in [-0.05, 0) is 35.7 Å². The highest BCUT2D eigenvalue weighted by Gasteiger charge is 2.09. The molecule has 4 aromatic rings. The normalized spacial score (nSPS) is 11.2. The van der Waals surface area contributed by atoms with Gasteiger partial charge in [-0.2, -0.15) is 0 Å². The third kappa shape index (κ3) is 1.73. The number of hydrogen-bond donors (Lipinski definition) is 0. The minimum absolute atomic E-state index is 1.13. The zero-order chi connectivity index (χ0) is 13.5. The van der Waals surface area contributed by atoms with Crippen molar-refractivity contribution in [2.24, 2.45) is 0 Å². The summed E-state index contributed by atoms with van der Waals surface area (Å²) in [5, 5.41) is 1.26. The van der Waals surface area contributed by atoms with E-state index in [1.807, 2.05) is 17.5 Å². The van der Waals surface area contributed by atoms with Gasteiger partial charge in [0, 0.05) is 16.3 Å². The molecule has 0 amide bonds. The highest BCUT2D eigenvalue weighted by atomic mass is 32.1. The van der Waals surface area contributed by atoms with Crippen LogP contribution in [-0.2, 0) is 0 Å². The van der Waals surface area contributed by atoms with E-state index in [2.05, 4.69) is 66.5 Å². The Morgan fingerprint density at radius 1 is 0.900 bits per heavy atom. The highest BCUT2D eigenvalue weighted by Crippen LogP contribution is 2.36. The summed E-state index contributed by atoms with van der Waals surface area (Å²) in [6.45, 7) is 2.15. The van der Waals surface area contributed by atoms with Crippen molar-refractivity contribution >= 4 is 31.6 Å². The number of nitrogens with zero attached hydrogens (tertiary/aromatic N) is 1. The molecule has 0 N–H and O–H groups in total. The van der Waals surface area contributed by atoms with Crippen LogP contribution in [0.5, 0.6) is 0 Å². The molecule has 0 fully saturated rings. The maximum absolute atomic E-state index is 4.54. The van der Waals surface area contributed by atoms with Crippen LogP contribution >= 0.6 is 11.3 Å². The van der Waals surface area contributed by atoms with Crippen LogP contribution in [0.25, 0.3) is 31.4 Å². The maximum atomic E-state index is 4.54. The van der Waals surface area contributed by atoms with E-state index in [9.17, 15) is 0 Å². The molecule has 0 aliphatic heterocycles. The lowest BCUT2D eigenvalue weighted by Crippen LogP contribution is -1.78. The van der Waals surface area contributed by atoms with E-state index in [0.29, 0.717) is 0 Å². The fraction of sp³-hybridized carbons (Fsp3) is 0.0556. The molecule has 4 rings (SSSR count). The molecule has 96 valence electrons. The van der Waals surface area contributed by atoms with Gasteiger partial charge in [0.15, 0.2) is 0 Å². The molecule has 0 aliphatic rings. The van der Waals surface area contributed by atoms with Crippen molar-refractivity contribution in [3.05, 3.63) is 66.4 Å². The van der Waals surface area contributed by atoms with Crippen LogP contribution in [0.1, 0.15) is 5.56 Å². The number of rotatable bonds is 1. The lowest BCUT2D eigenvalue weighted by molar-refractivity contribution is 1.39. The van der Waals surface area contributed by atoms with Gasteiger partial charge < -0.3 is 0 Å². The van der Waals surface area contributed by atoms with Crippen LogP contribution in [0.15, 0.2) is 60.8 Å². The molecule has 0 saturated heterocycles. The predicted molar refractivity (Wildman–Crippen MR) is 87.3 cm³/mol. The highest BCUT2D eigenvalue weighted by molar-refractivity contribution is 7.26. The number of hydrogen-bond acceptors (Lipinski definition) is 2. The van der Waals surface area contributed by atoms with Crippen molar-refractivity contribution in [2.45, 2.75) is 6.92 Å². The molecule has 0 saturated carbocycles. The minimum atomic E-state index is 1.13. The Labute approximate surface area is 121 Å². The third-order valence-corrected chi connectivity index (χ3v) is 4.93. The van der Waals surface area contributed by atoms with Crippen molar-refractivity contribution in [1.29, 1.82) is 0 Å². The number of fused-ring (bicyclic) bond motifs is 3. The van der Waals surface area contributed by atoms with Gasteiger partial charge in [0.2, 0.25) is 0 Å². The molecule has 0 atom stereocenters. The summed E-state index contributed by atoms with van der Waals surface area (Å²) in [5.41, 5.74) is 4.96. The van der Waals surface area contributed by atoms with Crippen molar-refractivity contribution in [1.82, 2.24) is 4.98 Å². The van der Waals surface area contributed by atoms with Crippen LogP contribution in [0.4, 0.5) is 0 Å². The molecular weight excluding hydrogens is 262 g/mol. The van der Waals surface area contributed by atoms with Crippen molar-refractivity contribution in [2.75, 3.05) is 0 Å². The van der Waals surface area contributed by atoms with E-state index in [4.69, 9.17) is 0 Å². The quantitative estimate of drug-likeness (QED) is 0.451. The molecule has 1 nitrogen and oxygen atoms in total. The smallest absolute Gasteiger partial charge is 0.0891 e. The standard InChI is InChI=1S/C18H13NS/c1-12-9-10-19-17-15-8-7-14(11-16(15)20-18(12)17)13-5-3-2-4-6-13/h2-11H,1H3. The largest absolute Gasteiger partial charge is 0.255 e. The average Bonchev–Trinajstić information content (AvgIpc) is 2.87. The predicted octanol–water partition coefficient (Wildman–Crippen LogP) is 5.42. The second-order valence-corrected chi connectivity index (χ2v) is 6.04. The van der Waals surface area contributed by atoms with Gasteiger partial charge in [0.1, 0.15) is 0 Å². The summed E-state index contributed by atoms with van der Waals surface area (Å²) >= 11 is 1.83. The third-order valence-electron chi connectivity index (χ3n) is 3.66. The number of aryl methyl sites for hydroxylation is 1. The summed E-state index contributed by atoms with van der Waals surface area (Å²) in [6, 6.07) is 19.3. The van der Waals surface area contributed by atoms with Crippen LogP contribution in [0.3, 0.4) is 0 Å². The van der Waals surface area contributed by atoms with E-state index >= 15 is 0 Å². The molecule has 2 aromatic heterocycles. The number of benzene rings is 2. The Bertz CT molecular complexity index is 907. The molecule has 0 bridgehead atoms. The molecule has 0 spiro atoms. The van der Waals surface area contributed by atoms with Gasteiger partial charge in [-0.1, -0.05) is 42.5 Å². The Morgan fingerprint density at radius 2 is 1.75 bits per heavy atom. The number of pyridine rings is 1. The zero-order valence-electron chi connectivity index (χ0n) is 11.1. The molecule has 2 heterocycles. The lowest BCUT2D eigenvalue weighted by Gasteiger charge is -2.01. The summed E-state index contributed by atoms with van der Waals surface area (Å²) in [7, 11) is 0. The first-order valence-electron chi connectivity index (χ1n) is 6.66. The van der Waals surface area contributed by atoms with Crippen LogP contribution in [0.2, 0.25) is 0 Å². The minimum Gasteiger partial charge on any atom is -0.255 e. The average molecular weight is 275 g/mol. The lowest BCUT2D eigenvalue weighted by atomic mass is 10.0. The van der Waals surface area contributed by atoms with E-state index < -0.39 is 0 Å². The Balaban J connectivity index is 2.01. The summed E-state index contributed by atoms with van der Waals surface area (Å²) in [4.78, 5) is 4.54. The molecule has 0 aliphatic carbocycles. The van der Waals surface area contributed by atoms with Gasteiger partial charge in [-0.3, -0.25) is 4.98 Å². The van der Waals surface area contributed by atoms with Gasteiger partial charge >= 0.3 is 0 Å². The summed E-state index contributed by atoms with van der Waals surface area (Å²) < 4.78 is 2.61. The first-order valence-corrected chi connectivity index (χ1v) is 7.48. The Hall–Kier alpha value is -2.19. The molecular formula is C18H13NS. The van der Waals surface area contributed by atoms with Gasteiger partial charge in [-0.25, -0.2) is 0 Å². The van der Waals surface area contributed by atoms with E-state index in [1.54, 1.807) is 0 Å². The van der Waals surface area contributed by atoms with E-state index in [-0.39, 0.29) is 0 Å². The number of aromatic nitrogens is 1. The molecule has 0 unspecified atom stereocenters. The SMILES string of the molecule is Cc1ccnc2c1sc1cc(-c3ccccc3)ccc12. The fourth-order valence-electron chi connectivity index (χ4n) is 2.59. The zero-order valence-corrected chi connectivity index (χ0v) is 11.9. The van der Waals surface area contributed by atoms with Crippen LogP contribution in [0, 0.1) is 6.92 Å². The molecule has 20 heavy (non-hydrogen) atoms. The second-order valence-electron chi connectivity index (χ2n) is 4.98. The van der Waals surface area contributed by atoms with Crippen molar-refractivity contribution in [3.63, 3.8) is 0 Å². The van der Waals surface area contributed by atoms with E-state index in [1.165, 1.54) is 31.5 Å². The second kappa shape index (κ2) is 4.43.